The van der Waals surface area contributed by atoms with Crippen LogP contribution in [0.15, 0.2) is 4.42 Å². The molecule has 7 heteroatoms. The molecule has 0 bridgehead atoms. The summed E-state index contributed by atoms with van der Waals surface area (Å²) >= 11 is 0. The first-order valence-corrected chi connectivity index (χ1v) is 5.65. The lowest BCUT2D eigenvalue weighted by Crippen LogP contribution is -2.14. The van der Waals surface area contributed by atoms with Crippen LogP contribution in [0, 0.1) is 0 Å². The molecule has 1 fully saturated rings. The fourth-order valence-electron chi connectivity index (χ4n) is 1.70. The van der Waals surface area contributed by atoms with E-state index in [1.165, 1.54) is 0 Å². The minimum Gasteiger partial charge on any atom is -0.406 e. The van der Waals surface area contributed by atoms with Crippen LogP contribution in [-0.2, 0) is 9.53 Å². The average molecular weight is 240 g/mol. The van der Waals surface area contributed by atoms with Crippen LogP contribution in [-0.4, -0.2) is 36.4 Å². The molecular formula is C10H16N4O3. The maximum atomic E-state index is 11.4. The molecule has 0 radical (unpaired) electrons. The van der Waals surface area contributed by atoms with Gasteiger partial charge in [-0.15, -0.1) is 5.10 Å². The lowest BCUT2D eigenvalue weighted by Gasteiger charge is -2.02. The van der Waals surface area contributed by atoms with E-state index < -0.39 is 0 Å². The van der Waals surface area contributed by atoms with Crippen LogP contribution in [0.5, 0.6) is 0 Å². The summed E-state index contributed by atoms with van der Waals surface area (Å²) in [6.07, 6.45) is 2.36. The first kappa shape index (κ1) is 12.0. The molecule has 1 unspecified atom stereocenters. The summed E-state index contributed by atoms with van der Waals surface area (Å²) in [5.74, 6) is 0.339. The molecule has 1 atom stereocenters. The summed E-state index contributed by atoms with van der Waals surface area (Å²) in [6, 6.07) is 0.266. The molecule has 1 amide bonds. The highest BCUT2D eigenvalue weighted by Crippen LogP contribution is 2.22. The molecule has 0 saturated carbocycles. The summed E-state index contributed by atoms with van der Waals surface area (Å²) in [4.78, 5) is 11.4. The van der Waals surface area contributed by atoms with E-state index in [-0.39, 0.29) is 24.4 Å². The number of carbonyl (C=O) groups is 1. The van der Waals surface area contributed by atoms with Crippen molar-refractivity contribution in [3.63, 3.8) is 0 Å². The van der Waals surface area contributed by atoms with Crippen molar-refractivity contribution < 1.29 is 13.9 Å². The molecule has 0 aromatic carbocycles. The van der Waals surface area contributed by atoms with Crippen LogP contribution in [0.4, 0.5) is 6.01 Å². The minimum absolute atomic E-state index is 0.118. The van der Waals surface area contributed by atoms with Gasteiger partial charge in [0.05, 0.1) is 19.1 Å². The van der Waals surface area contributed by atoms with Crippen LogP contribution >= 0.6 is 0 Å². The van der Waals surface area contributed by atoms with E-state index in [4.69, 9.17) is 9.15 Å². The highest BCUT2D eigenvalue weighted by molar-refractivity contribution is 5.88. The first-order valence-electron chi connectivity index (χ1n) is 5.65. The number of ether oxygens (including phenoxy) is 1. The molecular weight excluding hydrogens is 224 g/mol. The molecule has 2 rings (SSSR count). The zero-order chi connectivity index (χ0) is 12.1. The predicted molar refractivity (Wildman–Crippen MR) is 59.4 cm³/mol. The van der Waals surface area contributed by atoms with Crippen molar-refractivity contribution >= 4 is 11.9 Å². The monoisotopic (exact) mass is 240 g/mol. The van der Waals surface area contributed by atoms with Gasteiger partial charge in [0.1, 0.15) is 0 Å². The summed E-state index contributed by atoms with van der Waals surface area (Å²) < 4.78 is 10.2. The molecule has 1 saturated heterocycles. The van der Waals surface area contributed by atoms with E-state index in [0.717, 1.165) is 19.4 Å². The van der Waals surface area contributed by atoms with Gasteiger partial charge in [0.25, 0.3) is 0 Å². The van der Waals surface area contributed by atoms with E-state index in [1.807, 2.05) is 0 Å². The van der Waals surface area contributed by atoms with E-state index in [0.29, 0.717) is 12.5 Å². The summed E-state index contributed by atoms with van der Waals surface area (Å²) in [7, 11) is 1.55. The average Bonchev–Trinajstić information content (AvgIpc) is 2.95. The number of nitrogens with zero attached hydrogens (tertiary/aromatic N) is 2. The number of nitrogens with one attached hydrogen (secondary N) is 2. The highest BCUT2D eigenvalue weighted by atomic mass is 16.5. The Morgan fingerprint density at radius 2 is 2.53 bits per heavy atom. The first-order chi connectivity index (χ1) is 8.29. The number of anilines is 1. The van der Waals surface area contributed by atoms with Crippen molar-refractivity contribution in [3.8, 4) is 0 Å². The molecule has 7 nitrogen and oxygen atoms in total. The lowest BCUT2D eigenvalue weighted by molar-refractivity contribution is -0.117. The second-order valence-electron chi connectivity index (χ2n) is 3.89. The molecule has 1 aliphatic heterocycles. The second kappa shape index (κ2) is 5.74. The number of aromatic nitrogens is 2. The molecule has 2 N–H and O–H groups in total. The van der Waals surface area contributed by atoms with Crippen molar-refractivity contribution in [2.24, 2.45) is 0 Å². The third kappa shape index (κ3) is 3.24. The third-order valence-electron chi connectivity index (χ3n) is 2.58. The van der Waals surface area contributed by atoms with Gasteiger partial charge in [0, 0.05) is 7.11 Å². The second-order valence-corrected chi connectivity index (χ2v) is 3.89. The van der Waals surface area contributed by atoms with Crippen LogP contribution in [0.25, 0.3) is 0 Å². The molecule has 94 valence electrons. The molecule has 0 aliphatic carbocycles. The smallest absolute Gasteiger partial charge is 0.322 e. The number of amides is 1. The van der Waals surface area contributed by atoms with Crippen molar-refractivity contribution in [2.45, 2.75) is 25.3 Å². The maximum Gasteiger partial charge on any atom is 0.322 e. The Balaban J connectivity index is 1.87. The largest absolute Gasteiger partial charge is 0.406 e. The molecule has 17 heavy (non-hydrogen) atoms. The molecule has 1 aliphatic rings. The molecule has 1 aromatic rings. The number of carbonyl (C=O) groups excluding carboxylic acids is 1. The van der Waals surface area contributed by atoms with Gasteiger partial charge in [0.2, 0.25) is 11.8 Å². The highest BCUT2D eigenvalue weighted by Gasteiger charge is 2.22. The zero-order valence-corrected chi connectivity index (χ0v) is 9.73. The Morgan fingerprint density at radius 3 is 3.24 bits per heavy atom. The Kier molecular flexibility index (Phi) is 4.05. The van der Waals surface area contributed by atoms with Crippen LogP contribution < -0.4 is 10.6 Å². The van der Waals surface area contributed by atoms with Gasteiger partial charge in [-0.3, -0.25) is 10.1 Å². The minimum atomic E-state index is -0.193. The van der Waals surface area contributed by atoms with Gasteiger partial charge < -0.3 is 14.5 Å². The Labute approximate surface area is 98.9 Å². The van der Waals surface area contributed by atoms with Crippen molar-refractivity contribution in [3.05, 3.63) is 5.89 Å². The standard InChI is InChI=1S/C10H16N4O3/c1-16-6-4-8(15)12-10-14-13-9(17-10)7-3-2-5-11-7/h7,11H,2-6H2,1H3,(H,12,14,15). The normalized spacial score (nSPS) is 19.5. The van der Waals surface area contributed by atoms with Gasteiger partial charge >= 0.3 is 6.01 Å². The van der Waals surface area contributed by atoms with E-state index in [2.05, 4.69) is 20.8 Å². The van der Waals surface area contributed by atoms with Crippen LogP contribution in [0.1, 0.15) is 31.2 Å². The summed E-state index contributed by atoms with van der Waals surface area (Å²) in [5.41, 5.74) is 0. The predicted octanol–water partition coefficient (Wildman–Crippen LogP) is 0.469. The number of rotatable bonds is 5. The van der Waals surface area contributed by atoms with Gasteiger partial charge in [-0.1, -0.05) is 5.10 Å². The third-order valence-corrected chi connectivity index (χ3v) is 2.58. The topological polar surface area (TPSA) is 89.3 Å². The van der Waals surface area contributed by atoms with Gasteiger partial charge in [0.15, 0.2) is 0 Å². The van der Waals surface area contributed by atoms with Gasteiger partial charge in [-0.05, 0) is 19.4 Å². The van der Waals surface area contributed by atoms with Crippen LogP contribution in [0.2, 0.25) is 0 Å². The molecule has 0 spiro atoms. The van der Waals surface area contributed by atoms with Crippen molar-refractivity contribution in [1.82, 2.24) is 15.5 Å². The van der Waals surface area contributed by atoms with E-state index >= 15 is 0 Å². The number of hydrogen-bond acceptors (Lipinski definition) is 6. The fourth-order valence-corrected chi connectivity index (χ4v) is 1.70. The van der Waals surface area contributed by atoms with Gasteiger partial charge in [-0.2, -0.15) is 0 Å². The summed E-state index contributed by atoms with van der Waals surface area (Å²) in [6.45, 7) is 1.33. The quantitative estimate of drug-likeness (QED) is 0.777. The SMILES string of the molecule is COCCC(=O)Nc1nnc(C2CCCN2)o1. The fraction of sp³-hybridized carbons (Fsp3) is 0.700. The van der Waals surface area contributed by atoms with Crippen LogP contribution in [0.3, 0.4) is 0 Å². The van der Waals surface area contributed by atoms with E-state index in [9.17, 15) is 4.79 Å². The Hall–Kier alpha value is -1.47. The number of methoxy groups -OCH3 is 1. The maximum absolute atomic E-state index is 11.4. The van der Waals surface area contributed by atoms with Gasteiger partial charge in [-0.25, -0.2) is 0 Å². The Morgan fingerprint density at radius 1 is 1.65 bits per heavy atom. The number of hydrogen-bond donors (Lipinski definition) is 2. The molecule has 2 heterocycles. The zero-order valence-electron chi connectivity index (χ0n) is 9.73. The van der Waals surface area contributed by atoms with E-state index in [1.54, 1.807) is 7.11 Å². The summed E-state index contributed by atoms with van der Waals surface area (Å²) in [5, 5.41) is 13.5. The van der Waals surface area contributed by atoms with Crippen molar-refractivity contribution in [2.75, 3.05) is 25.6 Å². The van der Waals surface area contributed by atoms with Crippen molar-refractivity contribution in [1.29, 1.82) is 0 Å². The molecule has 1 aromatic heterocycles. The lowest BCUT2D eigenvalue weighted by atomic mass is 10.2. The Bertz CT molecular complexity index is 373.